The Morgan fingerprint density at radius 3 is 2.35 bits per heavy atom. The third kappa shape index (κ3) is 4.67. The monoisotopic (exact) mass is 476 g/mol. The van der Waals surface area contributed by atoms with E-state index in [-0.39, 0.29) is 23.4 Å². The number of carbonyl (C=O) groups excluding carboxylic acids is 3. The topological polar surface area (TPSA) is 73.0 Å². The van der Waals surface area contributed by atoms with Crippen molar-refractivity contribution >= 4 is 17.8 Å². The molecule has 0 bridgehead atoms. The number of halogens is 2. The van der Waals surface area contributed by atoms with E-state index < -0.39 is 23.1 Å². The van der Waals surface area contributed by atoms with Crippen LogP contribution in [-0.4, -0.2) is 77.4 Å². The zero-order valence-corrected chi connectivity index (χ0v) is 20.0. The van der Waals surface area contributed by atoms with Gasteiger partial charge in [-0.2, -0.15) is 0 Å². The summed E-state index contributed by atoms with van der Waals surface area (Å²) in [5.41, 5.74) is -0.972. The van der Waals surface area contributed by atoms with Gasteiger partial charge in [0.25, 0.3) is 11.8 Å². The quantitative estimate of drug-likeness (QED) is 0.613. The Morgan fingerprint density at radius 1 is 1.09 bits per heavy atom. The van der Waals surface area contributed by atoms with Crippen LogP contribution in [0.25, 0.3) is 0 Å². The molecule has 3 heterocycles. The van der Waals surface area contributed by atoms with Crippen molar-refractivity contribution in [2.75, 3.05) is 33.2 Å². The second-order valence-corrected chi connectivity index (χ2v) is 9.90. The van der Waals surface area contributed by atoms with Crippen molar-refractivity contribution in [3.8, 4) is 0 Å². The molecule has 3 aliphatic rings. The number of hydrogen-bond acceptors (Lipinski definition) is 4. The van der Waals surface area contributed by atoms with Gasteiger partial charge in [-0.1, -0.05) is 13.3 Å². The summed E-state index contributed by atoms with van der Waals surface area (Å²) in [4.78, 5) is 44.5. The average molecular weight is 477 g/mol. The minimum Gasteiger partial charge on any atom is -0.339 e. The van der Waals surface area contributed by atoms with Crippen LogP contribution in [0.4, 0.5) is 13.6 Å². The predicted octanol–water partition coefficient (Wildman–Crippen LogP) is 3.39. The van der Waals surface area contributed by atoms with E-state index >= 15 is 0 Å². The Bertz CT molecular complexity index is 930. The Kier molecular flexibility index (Phi) is 7.21. The van der Waals surface area contributed by atoms with Crippen LogP contribution in [0.3, 0.4) is 0 Å². The van der Waals surface area contributed by atoms with Crippen LogP contribution in [0.5, 0.6) is 0 Å². The van der Waals surface area contributed by atoms with Gasteiger partial charge < -0.3 is 15.1 Å². The van der Waals surface area contributed by atoms with Crippen LogP contribution in [0, 0.1) is 17.6 Å². The molecule has 0 saturated carbocycles. The molecular weight excluding hydrogens is 442 g/mol. The molecule has 0 aliphatic carbocycles. The highest BCUT2D eigenvalue weighted by Crippen LogP contribution is 2.37. The van der Waals surface area contributed by atoms with E-state index in [1.54, 1.807) is 4.90 Å². The fourth-order valence-corrected chi connectivity index (χ4v) is 5.95. The van der Waals surface area contributed by atoms with E-state index in [1.807, 2.05) is 6.92 Å². The summed E-state index contributed by atoms with van der Waals surface area (Å²) >= 11 is 0. The molecule has 1 aromatic rings. The Hall–Kier alpha value is -2.55. The number of imide groups is 1. The summed E-state index contributed by atoms with van der Waals surface area (Å²) in [7, 11) is 2.08. The molecule has 34 heavy (non-hydrogen) atoms. The average Bonchev–Trinajstić information content (AvgIpc) is 3.32. The number of nitrogens with one attached hydrogen (secondary N) is 1. The number of nitrogens with zero attached hydrogens (tertiary/aromatic N) is 3. The van der Waals surface area contributed by atoms with Crippen molar-refractivity contribution in [1.82, 2.24) is 20.0 Å². The van der Waals surface area contributed by atoms with E-state index in [0.717, 1.165) is 50.4 Å². The molecular formula is C25H34F2N4O3. The number of hydrogen-bond donors (Lipinski definition) is 1. The van der Waals surface area contributed by atoms with Crippen LogP contribution in [0.1, 0.15) is 62.2 Å². The molecule has 4 rings (SSSR count). The number of benzene rings is 1. The molecule has 7 nitrogen and oxygen atoms in total. The van der Waals surface area contributed by atoms with Crippen molar-refractivity contribution < 1.29 is 23.2 Å². The third-order valence-corrected chi connectivity index (χ3v) is 7.79. The summed E-state index contributed by atoms with van der Waals surface area (Å²) < 4.78 is 27.1. The smallest absolute Gasteiger partial charge is 0.325 e. The fraction of sp³-hybridized carbons (Fsp3) is 0.640. The number of carbonyl (C=O) groups is 3. The van der Waals surface area contributed by atoms with Crippen molar-refractivity contribution in [2.45, 2.75) is 63.5 Å². The Balaban J connectivity index is 1.42. The third-order valence-electron chi connectivity index (χ3n) is 7.79. The number of rotatable bonds is 7. The number of piperidine rings is 1. The van der Waals surface area contributed by atoms with Gasteiger partial charge in [-0.05, 0) is 70.2 Å². The molecule has 0 spiro atoms. The molecule has 9 heteroatoms. The molecule has 3 fully saturated rings. The SMILES string of the molecule is CCC[C@@]1(C2CCN(C(=O)c3cc(F)cc(F)c3)CC2)NC(=O)N(CC[C@@H]2CCCN2C)C1=O. The molecule has 0 aromatic heterocycles. The molecule has 4 amide bonds. The van der Waals surface area contributed by atoms with Gasteiger partial charge in [-0.15, -0.1) is 0 Å². The normalized spacial score (nSPS) is 26.4. The highest BCUT2D eigenvalue weighted by atomic mass is 19.1. The van der Waals surface area contributed by atoms with Crippen LogP contribution in [-0.2, 0) is 4.79 Å². The lowest BCUT2D eigenvalue weighted by Crippen LogP contribution is -2.56. The molecule has 1 N–H and O–H groups in total. The van der Waals surface area contributed by atoms with Crippen LogP contribution >= 0.6 is 0 Å². The van der Waals surface area contributed by atoms with Crippen LogP contribution < -0.4 is 5.32 Å². The van der Waals surface area contributed by atoms with E-state index in [0.29, 0.717) is 44.9 Å². The first-order valence-electron chi connectivity index (χ1n) is 12.3. The maximum Gasteiger partial charge on any atom is 0.325 e. The van der Waals surface area contributed by atoms with Gasteiger partial charge in [-0.25, -0.2) is 13.6 Å². The van der Waals surface area contributed by atoms with E-state index in [4.69, 9.17) is 0 Å². The van der Waals surface area contributed by atoms with Crippen LogP contribution in [0.15, 0.2) is 18.2 Å². The summed E-state index contributed by atoms with van der Waals surface area (Å²) in [5, 5.41) is 3.04. The Labute approximate surface area is 199 Å². The predicted molar refractivity (Wildman–Crippen MR) is 123 cm³/mol. The highest BCUT2D eigenvalue weighted by molar-refractivity contribution is 6.07. The molecule has 3 saturated heterocycles. The zero-order valence-electron chi connectivity index (χ0n) is 20.0. The summed E-state index contributed by atoms with van der Waals surface area (Å²) in [6, 6.07) is 2.88. The lowest BCUT2D eigenvalue weighted by molar-refractivity contribution is -0.134. The largest absolute Gasteiger partial charge is 0.339 e. The van der Waals surface area contributed by atoms with Gasteiger partial charge >= 0.3 is 6.03 Å². The lowest BCUT2D eigenvalue weighted by Gasteiger charge is -2.41. The van der Waals surface area contributed by atoms with Gasteiger partial charge in [-0.3, -0.25) is 14.5 Å². The first-order valence-corrected chi connectivity index (χ1v) is 12.3. The summed E-state index contributed by atoms with van der Waals surface area (Å²) in [6.45, 7) is 4.18. The zero-order chi connectivity index (χ0) is 24.5. The van der Waals surface area contributed by atoms with Gasteiger partial charge in [0.15, 0.2) is 0 Å². The number of likely N-dealkylation sites (tertiary alicyclic amines) is 2. The van der Waals surface area contributed by atoms with Gasteiger partial charge in [0.05, 0.1) is 0 Å². The standard InChI is InChI=1S/C25H34F2N4O3/c1-3-9-25(23(33)31(24(34)28-25)13-8-21-5-4-10-29(21)2)18-6-11-30(12-7-18)22(32)17-14-19(26)16-20(27)15-17/h14-16,18,21H,3-13H2,1-2H3,(H,28,34)/t21-,25-/m0/s1. The van der Waals surface area contributed by atoms with E-state index in [9.17, 15) is 23.2 Å². The summed E-state index contributed by atoms with van der Waals surface area (Å²) in [6.07, 6.45) is 5.36. The van der Waals surface area contributed by atoms with E-state index in [2.05, 4.69) is 17.3 Å². The molecule has 2 atom stereocenters. The second kappa shape index (κ2) is 9.98. The maximum absolute atomic E-state index is 13.6. The van der Waals surface area contributed by atoms with E-state index in [1.165, 1.54) is 4.90 Å². The number of urea groups is 1. The van der Waals surface area contributed by atoms with Crippen molar-refractivity contribution in [2.24, 2.45) is 5.92 Å². The van der Waals surface area contributed by atoms with Crippen molar-refractivity contribution in [1.29, 1.82) is 0 Å². The first-order chi connectivity index (χ1) is 16.2. The maximum atomic E-state index is 13.6. The number of amides is 4. The van der Waals surface area contributed by atoms with Crippen molar-refractivity contribution in [3.05, 3.63) is 35.4 Å². The molecule has 186 valence electrons. The minimum atomic E-state index is -0.951. The minimum absolute atomic E-state index is 0.0208. The van der Waals surface area contributed by atoms with Gasteiger partial charge in [0, 0.05) is 37.3 Å². The fourth-order valence-electron chi connectivity index (χ4n) is 5.95. The molecule has 1 aromatic carbocycles. The van der Waals surface area contributed by atoms with Crippen LogP contribution in [0.2, 0.25) is 0 Å². The van der Waals surface area contributed by atoms with Gasteiger partial charge in [0.2, 0.25) is 0 Å². The summed E-state index contributed by atoms with van der Waals surface area (Å²) in [5.74, 6) is -2.26. The van der Waals surface area contributed by atoms with Crippen molar-refractivity contribution in [3.63, 3.8) is 0 Å². The Morgan fingerprint density at radius 2 is 1.76 bits per heavy atom. The second-order valence-electron chi connectivity index (χ2n) is 9.90. The molecule has 0 unspecified atom stereocenters. The lowest BCUT2D eigenvalue weighted by atomic mass is 9.74. The van der Waals surface area contributed by atoms with Gasteiger partial charge in [0.1, 0.15) is 17.2 Å². The molecule has 0 radical (unpaired) electrons. The first kappa shape index (κ1) is 24.6. The molecule has 3 aliphatic heterocycles. The highest BCUT2D eigenvalue weighted by Gasteiger charge is 2.55.